The molecule has 2 aliphatic rings. The molecule has 1 aromatic rings. The molecule has 0 saturated carbocycles. The maximum atomic E-state index is 13.9. The van der Waals surface area contributed by atoms with Crippen molar-refractivity contribution in [3.63, 3.8) is 0 Å². The predicted molar refractivity (Wildman–Crippen MR) is 110 cm³/mol. The van der Waals surface area contributed by atoms with Crippen molar-refractivity contribution in [3.05, 3.63) is 82.3 Å². The third kappa shape index (κ3) is 3.60. The van der Waals surface area contributed by atoms with E-state index in [-0.39, 0.29) is 22.6 Å². The highest BCUT2D eigenvalue weighted by atomic mass is 19.4. The van der Waals surface area contributed by atoms with E-state index < -0.39 is 23.1 Å². The Morgan fingerprint density at radius 2 is 1.80 bits per heavy atom. The van der Waals surface area contributed by atoms with E-state index in [2.05, 4.69) is 16.6 Å². The van der Waals surface area contributed by atoms with Gasteiger partial charge in [0.2, 0.25) is 5.96 Å². The minimum atomic E-state index is -4.77. The summed E-state index contributed by atoms with van der Waals surface area (Å²) in [5, 5.41) is 0. The number of ether oxygens (including phenoxy) is 1. The van der Waals surface area contributed by atoms with Gasteiger partial charge in [0.15, 0.2) is 5.78 Å². The fourth-order valence-corrected chi connectivity index (χ4v) is 3.18. The number of carbonyl (C=O) groups is 1. The van der Waals surface area contributed by atoms with Crippen LogP contribution in [0.5, 0.6) is 0 Å². The van der Waals surface area contributed by atoms with Gasteiger partial charge in [-0.15, -0.1) is 0 Å². The summed E-state index contributed by atoms with van der Waals surface area (Å²) in [5.74, 6) is -0.295. The zero-order chi connectivity index (χ0) is 22.2. The molecule has 0 saturated heterocycles. The number of carbonyl (C=O) groups excluding carboxylic acids is 1. The lowest BCUT2D eigenvalue weighted by atomic mass is 9.82. The highest BCUT2D eigenvalue weighted by molar-refractivity contribution is 6.33. The summed E-state index contributed by atoms with van der Waals surface area (Å²) in [4.78, 5) is 23.6. The molecule has 0 amide bonds. The molecule has 0 bridgehead atoms. The first-order chi connectivity index (χ1) is 14.1. The second-order valence-corrected chi connectivity index (χ2v) is 6.79. The van der Waals surface area contributed by atoms with E-state index in [1.807, 2.05) is 0 Å². The Hall–Kier alpha value is -3.42. The molecule has 0 unspecified atom stereocenters. The summed E-state index contributed by atoms with van der Waals surface area (Å²) in [7, 11) is 4.68. The normalized spacial score (nSPS) is 16.7. The molecular weight excluding hydrogens is 395 g/mol. The van der Waals surface area contributed by atoms with Crippen molar-refractivity contribution in [2.24, 2.45) is 9.98 Å². The van der Waals surface area contributed by atoms with Crippen molar-refractivity contribution in [1.82, 2.24) is 4.90 Å². The number of alkyl halides is 3. The molecule has 0 atom stereocenters. The van der Waals surface area contributed by atoms with Crippen molar-refractivity contribution >= 4 is 17.5 Å². The SMILES string of the molecule is C=C(C1=C2N=C(N(C)C)N=C2c2ccccc2C1=O)/C(=C\C(=C/C)OC)C(F)(F)F. The summed E-state index contributed by atoms with van der Waals surface area (Å²) >= 11 is 0. The zero-order valence-electron chi connectivity index (χ0n) is 17.0. The Kier molecular flexibility index (Phi) is 5.52. The fourth-order valence-electron chi connectivity index (χ4n) is 3.18. The molecule has 30 heavy (non-hydrogen) atoms. The van der Waals surface area contributed by atoms with Gasteiger partial charge in [-0.2, -0.15) is 13.2 Å². The van der Waals surface area contributed by atoms with Gasteiger partial charge in [0.1, 0.15) is 17.2 Å². The van der Waals surface area contributed by atoms with Gasteiger partial charge in [0.25, 0.3) is 0 Å². The maximum absolute atomic E-state index is 13.9. The smallest absolute Gasteiger partial charge is 0.417 e. The lowest BCUT2D eigenvalue weighted by Crippen LogP contribution is -2.25. The number of benzene rings is 1. The topological polar surface area (TPSA) is 54.3 Å². The molecule has 1 aliphatic heterocycles. The molecule has 0 spiro atoms. The Balaban J connectivity index is 2.27. The Bertz CT molecular complexity index is 1090. The van der Waals surface area contributed by atoms with E-state index in [0.717, 1.165) is 6.08 Å². The van der Waals surface area contributed by atoms with Crippen LogP contribution in [0.3, 0.4) is 0 Å². The highest BCUT2D eigenvalue weighted by Crippen LogP contribution is 2.41. The number of hydrogen-bond acceptors (Lipinski definition) is 5. The molecule has 1 heterocycles. The van der Waals surface area contributed by atoms with Crippen LogP contribution in [0.4, 0.5) is 13.2 Å². The number of allylic oxidation sites excluding steroid dienone is 6. The van der Waals surface area contributed by atoms with Crippen LogP contribution in [0.15, 0.2) is 81.2 Å². The second-order valence-electron chi connectivity index (χ2n) is 6.79. The number of guanidine groups is 1. The Morgan fingerprint density at radius 1 is 1.17 bits per heavy atom. The highest BCUT2D eigenvalue weighted by Gasteiger charge is 2.42. The molecule has 0 fully saturated rings. The van der Waals surface area contributed by atoms with Crippen molar-refractivity contribution in [2.75, 3.05) is 21.2 Å². The minimum absolute atomic E-state index is 0.00414. The van der Waals surface area contributed by atoms with E-state index in [4.69, 9.17) is 4.74 Å². The van der Waals surface area contributed by atoms with Gasteiger partial charge in [-0.25, -0.2) is 9.98 Å². The predicted octanol–water partition coefficient (Wildman–Crippen LogP) is 4.45. The molecule has 8 heteroatoms. The average Bonchev–Trinajstić information content (AvgIpc) is 3.13. The van der Waals surface area contributed by atoms with Gasteiger partial charge in [-0.05, 0) is 24.6 Å². The number of methoxy groups -OCH3 is 1. The van der Waals surface area contributed by atoms with Crippen LogP contribution in [-0.4, -0.2) is 49.7 Å². The molecule has 0 N–H and O–H groups in total. The van der Waals surface area contributed by atoms with Gasteiger partial charge in [0, 0.05) is 25.2 Å². The van der Waals surface area contributed by atoms with E-state index in [9.17, 15) is 18.0 Å². The molecule has 5 nitrogen and oxygen atoms in total. The first kappa shape index (κ1) is 21.3. The number of Topliss-reactive ketones (excluding diaryl/α,β-unsaturated/α-hetero) is 1. The van der Waals surface area contributed by atoms with Crippen LogP contribution >= 0.6 is 0 Å². The summed E-state index contributed by atoms with van der Waals surface area (Å²) < 4.78 is 46.7. The van der Waals surface area contributed by atoms with Gasteiger partial charge >= 0.3 is 6.18 Å². The number of fused-ring (bicyclic) bond motifs is 3. The lowest BCUT2D eigenvalue weighted by molar-refractivity contribution is -0.0892. The van der Waals surface area contributed by atoms with E-state index in [1.54, 1.807) is 50.2 Å². The summed E-state index contributed by atoms with van der Waals surface area (Å²) in [6.45, 7) is 5.18. The zero-order valence-corrected chi connectivity index (χ0v) is 17.0. The molecule has 1 aromatic carbocycles. The average molecular weight is 415 g/mol. The van der Waals surface area contributed by atoms with E-state index in [0.29, 0.717) is 17.2 Å². The van der Waals surface area contributed by atoms with E-state index in [1.165, 1.54) is 13.2 Å². The minimum Gasteiger partial charge on any atom is -0.497 e. The van der Waals surface area contributed by atoms with Gasteiger partial charge < -0.3 is 9.64 Å². The summed E-state index contributed by atoms with van der Waals surface area (Å²) in [5.41, 5.74) is -0.569. The van der Waals surface area contributed by atoms with Crippen molar-refractivity contribution < 1.29 is 22.7 Å². The van der Waals surface area contributed by atoms with Gasteiger partial charge in [-0.3, -0.25) is 4.79 Å². The first-order valence-corrected chi connectivity index (χ1v) is 9.02. The van der Waals surface area contributed by atoms with Crippen LogP contribution in [0.2, 0.25) is 0 Å². The van der Waals surface area contributed by atoms with Gasteiger partial charge in [-0.1, -0.05) is 30.8 Å². The number of halogens is 3. The number of aliphatic imine (C=N–C) groups is 2. The quantitative estimate of drug-likeness (QED) is 0.539. The van der Waals surface area contributed by atoms with Crippen molar-refractivity contribution in [3.8, 4) is 0 Å². The second kappa shape index (κ2) is 7.78. The molecular formula is C22H20F3N3O2. The van der Waals surface area contributed by atoms with Crippen LogP contribution < -0.4 is 0 Å². The standard InChI is InChI=1S/C22H20F3N3O2/c1-6-13(30-5)11-16(22(23,24)25)12(2)17-19-18(26-21(27-19)28(3)4)14-9-7-8-10-15(14)20(17)29/h6-11H,2H2,1,3-5H3/b13-6+,16-11+. The van der Waals surface area contributed by atoms with Crippen molar-refractivity contribution in [2.45, 2.75) is 13.1 Å². The number of nitrogens with zero attached hydrogens (tertiary/aromatic N) is 3. The van der Waals surface area contributed by atoms with Crippen LogP contribution in [0.25, 0.3) is 0 Å². The van der Waals surface area contributed by atoms with Crippen LogP contribution in [0.1, 0.15) is 22.8 Å². The molecule has 0 aromatic heterocycles. The Morgan fingerprint density at radius 3 is 2.33 bits per heavy atom. The van der Waals surface area contributed by atoms with Crippen LogP contribution in [0, 0.1) is 0 Å². The third-order valence-corrected chi connectivity index (χ3v) is 4.68. The monoisotopic (exact) mass is 415 g/mol. The molecule has 0 radical (unpaired) electrons. The largest absolute Gasteiger partial charge is 0.497 e. The first-order valence-electron chi connectivity index (χ1n) is 9.02. The third-order valence-electron chi connectivity index (χ3n) is 4.68. The van der Waals surface area contributed by atoms with Crippen molar-refractivity contribution in [1.29, 1.82) is 0 Å². The number of hydrogen-bond donors (Lipinski definition) is 0. The maximum Gasteiger partial charge on any atom is 0.417 e. The van der Waals surface area contributed by atoms with Crippen LogP contribution in [-0.2, 0) is 4.74 Å². The van der Waals surface area contributed by atoms with E-state index >= 15 is 0 Å². The summed E-state index contributed by atoms with van der Waals surface area (Å²) in [6, 6.07) is 6.64. The lowest BCUT2D eigenvalue weighted by Gasteiger charge is -2.23. The molecule has 1 aliphatic carbocycles. The molecule has 156 valence electrons. The molecule has 3 rings (SSSR count). The fraction of sp³-hybridized carbons (Fsp3) is 0.227. The Labute approximate surface area is 172 Å². The summed E-state index contributed by atoms with van der Waals surface area (Å²) in [6.07, 6.45) is -2.55. The van der Waals surface area contributed by atoms with Gasteiger partial charge in [0.05, 0.1) is 18.3 Å². The number of ketones is 1. The number of rotatable bonds is 4.